The summed E-state index contributed by atoms with van der Waals surface area (Å²) >= 11 is 0. The van der Waals surface area contributed by atoms with Crippen LogP contribution in [-0.2, 0) is 6.54 Å². The first-order chi connectivity index (χ1) is 9.04. The van der Waals surface area contributed by atoms with Crippen LogP contribution in [0.15, 0.2) is 24.3 Å². The second-order valence-corrected chi connectivity index (χ2v) is 7.11. The minimum Gasteiger partial charge on any atom is -0.327 e. The van der Waals surface area contributed by atoms with Crippen LogP contribution in [0.3, 0.4) is 0 Å². The molecule has 2 N–H and O–H groups in total. The Morgan fingerprint density at radius 2 is 1.84 bits per heavy atom. The van der Waals surface area contributed by atoms with Gasteiger partial charge < -0.3 is 5.73 Å². The van der Waals surface area contributed by atoms with Gasteiger partial charge in [-0.25, -0.2) is 0 Å². The van der Waals surface area contributed by atoms with E-state index in [1.807, 2.05) is 0 Å². The van der Waals surface area contributed by atoms with Crippen LogP contribution in [0.4, 0.5) is 0 Å². The van der Waals surface area contributed by atoms with Gasteiger partial charge in [0.05, 0.1) is 0 Å². The van der Waals surface area contributed by atoms with Crippen LogP contribution in [0.25, 0.3) is 0 Å². The Kier molecular flexibility index (Phi) is 3.40. The topological polar surface area (TPSA) is 29.3 Å². The SMILES string of the molecule is CC1(C)CN(Cc2ccc(C3CC3)cc2)CCC1N. The summed E-state index contributed by atoms with van der Waals surface area (Å²) in [5.41, 5.74) is 9.42. The molecule has 2 fully saturated rings. The van der Waals surface area contributed by atoms with Gasteiger partial charge in [-0.15, -0.1) is 0 Å². The molecule has 1 atom stereocenters. The van der Waals surface area contributed by atoms with Crippen molar-refractivity contribution in [1.29, 1.82) is 0 Å². The largest absolute Gasteiger partial charge is 0.327 e. The molecule has 1 saturated carbocycles. The molecular weight excluding hydrogens is 232 g/mol. The highest BCUT2D eigenvalue weighted by Crippen LogP contribution is 2.40. The highest BCUT2D eigenvalue weighted by atomic mass is 15.1. The molecule has 2 nitrogen and oxygen atoms in total. The Hall–Kier alpha value is -0.860. The van der Waals surface area contributed by atoms with E-state index in [1.165, 1.54) is 24.0 Å². The van der Waals surface area contributed by atoms with E-state index >= 15 is 0 Å². The molecule has 0 spiro atoms. The van der Waals surface area contributed by atoms with Crippen molar-refractivity contribution in [2.75, 3.05) is 13.1 Å². The maximum Gasteiger partial charge on any atom is 0.0233 e. The quantitative estimate of drug-likeness (QED) is 0.902. The van der Waals surface area contributed by atoms with Crippen LogP contribution in [0.5, 0.6) is 0 Å². The van der Waals surface area contributed by atoms with Crippen LogP contribution >= 0.6 is 0 Å². The van der Waals surface area contributed by atoms with E-state index < -0.39 is 0 Å². The van der Waals surface area contributed by atoms with Crippen LogP contribution in [0.2, 0.25) is 0 Å². The minimum atomic E-state index is 0.242. The van der Waals surface area contributed by atoms with Crippen LogP contribution in [-0.4, -0.2) is 24.0 Å². The van der Waals surface area contributed by atoms with Crippen molar-refractivity contribution in [2.24, 2.45) is 11.1 Å². The van der Waals surface area contributed by atoms with Gasteiger partial charge in [0.1, 0.15) is 0 Å². The van der Waals surface area contributed by atoms with Crippen molar-refractivity contribution in [3.05, 3.63) is 35.4 Å². The van der Waals surface area contributed by atoms with Crippen molar-refractivity contribution in [1.82, 2.24) is 4.90 Å². The molecule has 1 aromatic rings. The molecule has 1 saturated heterocycles. The monoisotopic (exact) mass is 258 g/mol. The molecule has 1 aliphatic carbocycles. The van der Waals surface area contributed by atoms with E-state index in [9.17, 15) is 0 Å². The summed E-state index contributed by atoms with van der Waals surface area (Å²) in [6, 6.07) is 9.63. The van der Waals surface area contributed by atoms with Gasteiger partial charge in [-0.2, -0.15) is 0 Å². The average molecular weight is 258 g/mol. The maximum atomic E-state index is 6.20. The van der Waals surface area contributed by atoms with Gasteiger partial charge in [0.2, 0.25) is 0 Å². The zero-order chi connectivity index (χ0) is 13.5. The molecule has 3 rings (SSSR count). The van der Waals surface area contributed by atoms with E-state index in [4.69, 9.17) is 5.73 Å². The van der Waals surface area contributed by atoms with Crippen LogP contribution < -0.4 is 5.73 Å². The molecule has 1 aromatic carbocycles. The third-order valence-electron chi connectivity index (χ3n) is 4.83. The number of rotatable bonds is 3. The molecule has 0 aromatic heterocycles. The second kappa shape index (κ2) is 4.92. The fourth-order valence-electron chi connectivity index (χ4n) is 3.19. The van der Waals surface area contributed by atoms with E-state index in [1.54, 1.807) is 0 Å². The predicted molar refractivity (Wildman–Crippen MR) is 80.1 cm³/mol. The number of likely N-dealkylation sites (tertiary alicyclic amines) is 1. The van der Waals surface area contributed by atoms with Gasteiger partial charge in [0.25, 0.3) is 0 Å². The van der Waals surface area contributed by atoms with Gasteiger partial charge in [-0.1, -0.05) is 38.1 Å². The van der Waals surface area contributed by atoms with Gasteiger partial charge in [-0.3, -0.25) is 4.90 Å². The summed E-state index contributed by atoms with van der Waals surface area (Å²) in [7, 11) is 0. The summed E-state index contributed by atoms with van der Waals surface area (Å²) in [6.07, 6.45) is 3.89. The van der Waals surface area contributed by atoms with E-state index in [0.717, 1.165) is 32.0 Å². The summed E-state index contributed by atoms with van der Waals surface area (Å²) in [6.45, 7) is 7.90. The second-order valence-electron chi connectivity index (χ2n) is 7.11. The van der Waals surface area contributed by atoms with Crippen molar-refractivity contribution < 1.29 is 0 Å². The van der Waals surface area contributed by atoms with Crippen molar-refractivity contribution in [2.45, 2.75) is 51.6 Å². The normalized spacial score (nSPS) is 27.4. The molecule has 2 heteroatoms. The Morgan fingerprint density at radius 3 is 2.42 bits per heavy atom. The van der Waals surface area contributed by atoms with Gasteiger partial charge in [-0.05, 0) is 41.7 Å². The van der Waals surface area contributed by atoms with Crippen LogP contribution in [0, 0.1) is 5.41 Å². The molecule has 2 aliphatic rings. The highest BCUT2D eigenvalue weighted by molar-refractivity contribution is 5.28. The summed E-state index contributed by atoms with van der Waals surface area (Å²) in [4.78, 5) is 2.55. The third kappa shape index (κ3) is 3.01. The van der Waals surface area contributed by atoms with Gasteiger partial charge in [0.15, 0.2) is 0 Å². The van der Waals surface area contributed by atoms with Gasteiger partial charge in [0, 0.05) is 25.7 Å². The fourth-order valence-corrected chi connectivity index (χ4v) is 3.19. The Morgan fingerprint density at radius 1 is 1.16 bits per heavy atom. The van der Waals surface area contributed by atoms with Gasteiger partial charge >= 0.3 is 0 Å². The number of hydrogen-bond acceptors (Lipinski definition) is 2. The molecule has 0 radical (unpaired) electrons. The highest BCUT2D eigenvalue weighted by Gasteiger charge is 2.33. The Balaban J connectivity index is 1.61. The summed E-state index contributed by atoms with van der Waals surface area (Å²) < 4.78 is 0. The van der Waals surface area contributed by atoms with E-state index in [-0.39, 0.29) is 5.41 Å². The molecule has 1 aliphatic heterocycles. The first-order valence-electron chi connectivity index (χ1n) is 7.61. The Labute approximate surface area is 117 Å². The smallest absolute Gasteiger partial charge is 0.0233 e. The van der Waals surface area contributed by atoms with Crippen LogP contribution in [0.1, 0.15) is 50.2 Å². The third-order valence-corrected chi connectivity index (χ3v) is 4.83. The lowest BCUT2D eigenvalue weighted by atomic mass is 9.79. The maximum absolute atomic E-state index is 6.20. The lowest BCUT2D eigenvalue weighted by Crippen LogP contribution is -2.52. The number of hydrogen-bond donors (Lipinski definition) is 1. The molecular formula is C17H26N2. The van der Waals surface area contributed by atoms with E-state index in [2.05, 4.69) is 43.0 Å². The molecule has 19 heavy (non-hydrogen) atoms. The summed E-state index contributed by atoms with van der Waals surface area (Å²) in [5, 5.41) is 0. The van der Waals surface area contributed by atoms with Crippen molar-refractivity contribution in [3.63, 3.8) is 0 Å². The average Bonchev–Trinajstić information content (AvgIpc) is 3.19. The zero-order valence-electron chi connectivity index (χ0n) is 12.2. The molecule has 1 unspecified atom stereocenters. The summed E-state index contributed by atoms with van der Waals surface area (Å²) in [5.74, 6) is 0.862. The lowest BCUT2D eigenvalue weighted by molar-refractivity contribution is 0.0899. The van der Waals surface area contributed by atoms with Crippen molar-refractivity contribution >= 4 is 0 Å². The number of nitrogens with two attached hydrogens (primary N) is 1. The molecule has 1 heterocycles. The minimum absolute atomic E-state index is 0.242. The predicted octanol–water partition coefficient (Wildman–Crippen LogP) is 3.12. The molecule has 104 valence electrons. The number of nitrogens with zero attached hydrogens (tertiary/aromatic N) is 1. The first-order valence-corrected chi connectivity index (χ1v) is 7.61. The Bertz CT molecular complexity index is 431. The van der Waals surface area contributed by atoms with Crippen molar-refractivity contribution in [3.8, 4) is 0 Å². The molecule has 0 amide bonds. The first kappa shape index (κ1) is 13.1. The lowest BCUT2D eigenvalue weighted by Gasteiger charge is -2.42. The number of piperidine rings is 1. The zero-order valence-corrected chi connectivity index (χ0v) is 12.2. The number of benzene rings is 1. The standard InChI is InChI=1S/C17H26N2/c1-17(2)12-19(10-9-16(17)18)11-13-3-5-14(6-4-13)15-7-8-15/h3-6,15-16H,7-12,18H2,1-2H3. The molecule has 0 bridgehead atoms. The van der Waals surface area contributed by atoms with E-state index in [0.29, 0.717) is 6.04 Å². The fraction of sp³-hybridized carbons (Fsp3) is 0.647.